The zero-order chi connectivity index (χ0) is 27.8. The van der Waals surface area contributed by atoms with Crippen molar-refractivity contribution in [2.75, 3.05) is 11.4 Å². The summed E-state index contributed by atoms with van der Waals surface area (Å²) < 4.78 is 21.5. The lowest BCUT2D eigenvalue weighted by molar-refractivity contribution is -0.120. The van der Waals surface area contributed by atoms with Gasteiger partial charge in [0.1, 0.15) is 24.1 Å². The summed E-state index contributed by atoms with van der Waals surface area (Å²) >= 11 is 6.07. The van der Waals surface area contributed by atoms with E-state index in [0.717, 1.165) is 30.0 Å². The zero-order valence-electron chi connectivity index (χ0n) is 21.7. The molecule has 1 N–H and O–H groups in total. The van der Waals surface area contributed by atoms with Gasteiger partial charge in [-0.2, -0.15) is 0 Å². The van der Waals surface area contributed by atoms with Crippen LogP contribution >= 0.6 is 11.6 Å². The Bertz CT molecular complexity index is 1590. The van der Waals surface area contributed by atoms with Gasteiger partial charge in [0.15, 0.2) is 0 Å². The molecule has 2 aliphatic heterocycles. The van der Waals surface area contributed by atoms with Gasteiger partial charge in [-0.1, -0.05) is 35.9 Å². The van der Waals surface area contributed by atoms with Crippen LogP contribution in [0, 0.1) is 5.82 Å². The van der Waals surface area contributed by atoms with E-state index in [4.69, 9.17) is 16.3 Å². The number of amides is 3. The summed E-state index contributed by atoms with van der Waals surface area (Å²) in [7, 11) is 1.87. The molecule has 40 heavy (non-hydrogen) atoms. The number of benzene rings is 2. The van der Waals surface area contributed by atoms with Gasteiger partial charge in [-0.05, 0) is 34.9 Å². The average Bonchev–Trinajstić information content (AvgIpc) is 3.51. The Kier molecular flexibility index (Phi) is 6.95. The molecule has 0 aliphatic carbocycles. The monoisotopic (exact) mass is 560 g/mol. The predicted molar refractivity (Wildman–Crippen MR) is 147 cm³/mol. The van der Waals surface area contributed by atoms with Gasteiger partial charge in [0, 0.05) is 63.0 Å². The molecular weight excluding hydrogens is 535 g/mol. The van der Waals surface area contributed by atoms with Crippen molar-refractivity contribution in [3.8, 4) is 17.3 Å². The number of aromatic nitrogens is 3. The van der Waals surface area contributed by atoms with E-state index in [2.05, 4.69) is 32.3 Å². The van der Waals surface area contributed by atoms with Gasteiger partial charge in [0.2, 0.25) is 11.8 Å². The first-order chi connectivity index (χ1) is 19.4. The summed E-state index contributed by atoms with van der Waals surface area (Å²) in [5, 5.41) is 2.68. The Balaban J connectivity index is 1.09. The summed E-state index contributed by atoms with van der Waals surface area (Å²) in [5.41, 5.74) is 4.77. The quantitative estimate of drug-likeness (QED) is 0.348. The second-order valence-electron chi connectivity index (χ2n) is 9.88. The molecule has 0 radical (unpaired) electrons. The van der Waals surface area contributed by atoms with E-state index in [1.54, 1.807) is 30.6 Å². The van der Waals surface area contributed by atoms with Gasteiger partial charge in [0.25, 0.3) is 0 Å². The van der Waals surface area contributed by atoms with E-state index < -0.39 is 11.8 Å². The van der Waals surface area contributed by atoms with Crippen LogP contribution in [-0.4, -0.2) is 37.9 Å². The molecule has 4 aromatic rings. The van der Waals surface area contributed by atoms with Crippen LogP contribution in [0.1, 0.15) is 28.7 Å². The molecule has 2 aromatic carbocycles. The lowest BCUT2D eigenvalue weighted by Crippen LogP contribution is -2.50. The Hall–Kier alpha value is -4.28. The number of pyridine rings is 1. The van der Waals surface area contributed by atoms with Crippen LogP contribution in [0.15, 0.2) is 60.9 Å². The zero-order valence-corrected chi connectivity index (χ0v) is 22.5. The number of imidazole rings is 1. The normalized spacial score (nSPS) is 15.3. The molecule has 2 aliphatic rings. The van der Waals surface area contributed by atoms with Gasteiger partial charge in [0.05, 0.1) is 11.2 Å². The maximum atomic E-state index is 14.0. The molecule has 0 saturated carbocycles. The summed E-state index contributed by atoms with van der Waals surface area (Å²) in [6.45, 7) is 2.63. The van der Waals surface area contributed by atoms with Gasteiger partial charge in [-0.25, -0.2) is 19.2 Å². The fourth-order valence-corrected chi connectivity index (χ4v) is 5.30. The predicted octanol–water partition coefficient (Wildman–Crippen LogP) is 4.82. The van der Waals surface area contributed by atoms with Crippen molar-refractivity contribution in [3.63, 3.8) is 0 Å². The Morgan fingerprint density at radius 3 is 2.67 bits per heavy atom. The number of urea groups is 1. The third-order valence-electron chi connectivity index (χ3n) is 7.18. The van der Waals surface area contributed by atoms with E-state index in [1.165, 1.54) is 22.1 Å². The topological polar surface area (TPSA) is 92.6 Å². The Morgan fingerprint density at radius 1 is 1.05 bits per heavy atom. The first kappa shape index (κ1) is 26.0. The number of ether oxygens (including phenoxy) is 1. The maximum Gasteiger partial charge on any atom is 0.329 e. The second kappa shape index (κ2) is 10.7. The number of carbonyl (C=O) groups is 2. The highest BCUT2D eigenvalue weighted by atomic mass is 35.5. The lowest BCUT2D eigenvalue weighted by atomic mass is 10.1. The highest BCUT2D eigenvalue weighted by molar-refractivity contribution is 6.31. The molecule has 204 valence electrons. The molecule has 11 heteroatoms. The third kappa shape index (κ3) is 5.15. The first-order valence-corrected chi connectivity index (χ1v) is 13.2. The van der Waals surface area contributed by atoms with Crippen molar-refractivity contribution in [1.29, 1.82) is 0 Å². The molecule has 1 saturated heterocycles. The fraction of sp³-hybridized carbons (Fsp3) is 0.241. The molecule has 3 amide bonds. The number of hydrogen-bond donors (Lipinski definition) is 1. The van der Waals surface area contributed by atoms with Crippen molar-refractivity contribution in [3.05, 3.63) is 94.0 Å². The molecule has 0 bridgehead atoms. The number of nitrogens with one attached hydrogen (secondary N) is 1. The minimum Gasteiger partial charge on any atom is -0.473 e. The smallest absolute Gasteiger partial charge is 0.329 e. The van der Waals surface area contributed by atoms with Crippen molar-refractivity contribution < 1.29 is 18.7 Å². The molecular formula is C29H26ClFN6O3. The minimum atomic E-state index is -0.432. The number of carbonyl (C=O) groups excluding carboxylic acids is 2. The highest BCUT2D eigenvalue weighted by Gasteiger charge is 2.27. The molecule has 0 atom stereocenters. The Labute approximate surface area is 235 Å². The van der Waals surface area contributed by atoms with E-state index in [0.29, 0.717) is 35.4 Å². The van der Waals surface area contributed by atoms with Crippen LogP contribution in [-0.2, 0) is 38.1 Å². The molecule has 1 fully saturated rings. The number of nitrogens with zero attached hydrogens (tertiary/aromatic N) is 5. The number of fused-ring (bicyclic) bond motifs is 1. The minimum absolute atomic E-state index is 0.00399. The van der Waals surface area contributed by atoms with Crippen LogP contribution in [0.4, 0.5) is 15.0 Å². The van der Waals surface area contributed by atoms with E-state index >= 15 is 0 Å². The lowest BCUT2D eigenvalue weighted by Gasteiger charge is -2.26. The molecule has 0 unspecified atom stereocenters. The van der Waals surface area contributed by atoms with Crippen molar-refractivity contribution in [1.82, 2.24) is 24.8 Å². The van der Waals surface area contributed by atoms with Gasteiger partial charge in [-0.15, -0.1) is 0 Å². The van der Waals surface area contributed by atoms with Crippen LogP contribution in [0.2, 0.25) is 5.02 Å². The second-order valence-corrected chi connectivity index (χ2v) is 10.3. The summed E-state index contributed by atoms with van der Waals surface area (Å²) in [6.07, 6.45) is 3.69. The molecule has 0 spiro atoms. The SMILES string of the molecule is Cn1c(N2CCC(=O)NC2=O)cnc1-c1ccc2c(c1)CN(Cc1ccc(OCc3c(F)cccc3Cl)nc1)C2. The summed E-state index contributed by atoms with van der Waals surface area (Å²) in [5.74, 6) is 1.12. The van der Waals surface area contributed by atoms with Gasteiger partial charge in [-0.3, -0.25) is 19.9 Å². The molecule has 9 nitrogen and oxygen atoms in total. The number of rotatable bonds is 7. The molecule has 4 heterocycles. The standard InChI is InChI=1S/C29H26ClFN6O3/c1-35-27(37-10-9-25(38)34-29(37)39)13-33-28(35)19-6-7-20-15-36(16-21(20)11-19)14-18-5-8-26(32-12-18)40-17-22-23(30)3-2-4-24(22)31/h2-8,11-13H,9-10,14-17H2,1H3,(H,34,38,39). The molecule has 6 rings (SSSR count). The van der Waals surface area contributed by atoms with Crippen molar-refractivity contribution in [2.45, 2.75) is 32.7 Å². The average molecular weight is 561 g/mol. The van der Waals surface area contributed by atoms with Crippen LogP contribution in [0.5, 0.6) is 5.88 Å². The number of hydrogen-bond acceptors (Lipinski definition) is 6. The van der Waals surface area contributed by atoms with E-state index in [-0.39, 0.29) is 18.9 Å². The van der Waals surface area contributed by atoms with Gasteiger partial charge < -0.3 is 9.30 Å². The van der Waals surface area contributed by atoms with Crippen molar-refractivity contribution >= 4 is 29.4 Å². The third-order valence-corrected chi connectivity index (χ3v) is 7.53. The fourth-order valence-electron chi connectivity index (χ4n) is 5.08. The number of imide groups is 1. The Morgan fingerprint density at radius 2 is 1.90 bits per heavy atom. The van der Waals surface area contributed by atoms with E-state index in [9.17, 15) is 14.0 Å². The number of anilines is 1. The first-order valence-electron chi connectivity index (χ1n) is 12.8. The molecule has 2 aromatic heterocycles. The van der Waals surface area contributed by atoms with Crippen LogP contribution in [0.25, 0.3) is 11.4 Å². The van der Waals surface area contributed by atoms with Crippen LogP contribution < -0.4 is 15.0 Å². The summed E-state index contributed by atoms with van der Waals surface area (Å²) in [6, 6.07) is 14.2. The van der Waals surface area contributed by atoms with E-state index in [1.807, 2.05) is 23.7 Å². The largest absolute Gasteiger partial charge is 0.473 e. The maximum absolute atomic E-state index is 14.0. The number of halogens is 2. The van der Waals surface area contributed by atoms with Gasteiger partial charge >= 0.3 is 6.03 Å². The highest BCUT2D eigenvalue weighted by Crippen LogP contribution is 2.31. The van der Waals surface area contributed by atoms with Crippen LogP contribution in [0.3, 0.4) is 0 Å². The summed E-state index contributed by atoms with van der Waals surface area (Å²) in [4.78, 5) is 36.6. The van der Waals surface area contributed by atoms with Crippen molar-refractivity contribution in [2.24, 2.45) is 7.05 Å².